The lowest BCUT2D eigenvalue weighted by atomic mass is 9.92. The van der Waals surface area contributed by atoms with Gasteiger partial charge in [-0.1, -0.05) is 30.3 Å². The van der Waals surface area contributed by atoms with Gasteiger partial charge in [-0.3, -0.25) is 4.40 Å². The molecule has 2 unspecified atom stereocenters. The minimum atomic E-state index is -1.17. The highest BCUT2D eigenvalue weighted by molar-refractivity contribution is 5.80. The lowest BCUT2D eigenvalue weighted by Crippen LogP contribution is -2.45. The van der Waals surface area contributed by atoms with Crippen LogP contribution in [0.15, 0.2) is 54.7 Å². The SMILES string of the molecule is Cc1cc2nc3cn2c(c1C(OC(C)(C)C)C(=O)O)N1CCC(C)(CC1)OCCCCC(C)Oc1c(F)cccc1-c1cccc-3c1. The van der Waals surface area contributed by atoms with Gasteiger partial charge in [0, 0.05) is 42.6 Å². The van der Waals surface area contributed by atoms with Crippen LogP contribution in [0.25, 0.3) is 28.0 Å². The van der Waals surface area contributed by atoms with Crippen LogP contribution in [0.1, 0.15) is 84.0 Å². The number of aliphatic carboxylic acids is 1. The molecule has 3 aliphatic heterocycles. The van der Waals surface area contributed by atoms with Crippen molar-refractivity contribution in [1.29, 1.82) is 0 Å². The number of benzene rings is 2. The fraction of sp³-hybridized carbons (Fsp3) is 0.474. The van der Waals surface area contributed by atoms with Gasteiger partial charge in [0.25, 0.3) is 0 Å². The topological polar surface area (TPSA) is 85.5 Å². The maximum Gasteiger partial charge on any atom is 0.337 e. The number of halogens is 1. The van der Waals surface area contributed by atoms with Gasteiger partial charge < -0.3 is 24.2 Å². The van der Waals surface area contributed by atoms with E-state index in [0.29, 0.717) is 36.5 Å². The lowest BCUT2D eigenvalue weighted by Gasteiger charge is -2.41. The number of piperidine rings is 1. The van der Waals surface area contributed by atoms with Gasteiger partial charge in [0.05, 0.1) is 23.0 Å². The summed E-state index contributed by atoms with van der Waals surface area (Å²) in [5.74, 6) is -0.408. The van der Waals surface area contributed by atoms with Crippen molar-refractivity contribution in [3.63, 3.8) is 0 Å². The van der Waals surface area contributed by atoms with Gasteiger partial charge >= 0.3 is 5.97 Å². The lowest BCUT2D eigenvalue weighted by molar-refractivity contribution is -0.160. The number of hydrogen-bond acceptors (Lipinski definition) is 6. The highest BCUT2D eigenvalue weighted by atomic mass is 19.1. The number of carbonyl (C=O) groups is 1. The van der Waals surface area contributed by atoms with Gasteiger partial charge in [-0.2, -0.15) is 0 Å². The minimum absolute atomic E-state index is 0.163. The summed E-state index contributed by atoms with van der Waals surface area (Å²) in [6.45, 7) is 13.7. The number of hydrogen-bond donors (Lipinski definition) is 1. The largest absolute Gasteiger partial charge is 0.487 e. The molecule has 0 radical (unpaired) electrons. The van der Waals surface area contributed by atoms with Crippen LogP contribution in [0.2, 0.25) is 0 Å². The first-order valence-corrected chi connectivity index (χ1v) is 16.7. The van der Waals surface area contributed by atoms with Crippen LogP contribution in [-0.4, -0.2) is 57.5 Å². The Bertz CT molecular complexity index is 1770. The number of ether oxygens (including phenoxy) is 3. The summed E-state index contributed by atoms with van der Waals surface area (Å²) < 4.78 is 36.2. The number of carboxylic acid groups (broad SMARTS) is 1. The number of anilines is 1. The molecule has 9 heteroatoms. The van der Waals surface area contributed by atoms with Crippen molar-refractivity contribution < 1.29 is 28.5 Å². The first-order chi connectivity index (χ1) is 22.3. The number of para-hydroxylation sites is 1. The molecule has 1 fully saturated rings. The Labute approximate surface area is 276 Å². The van der Waals surface area contributed by atoms with Crippen molar-refractivity contribution in [2.45, 2.75) is 97.1 Å². The van der Waals surface area contributed by atoms with E-state index in [1.54, 1.807) is 6.07 Å². The molecule has 47 heavy (non-hydrogen) atoms. The van der Waals surface area contributed by atoms with E-state index in [-0.39, 0.29) is 17.5 Å². The molecule has 2 aromatic heterocycles. The Morgan fingerprint density at radius 2 is 1.83 bits per heavy atom. The highest BCUT2D eigenvalue weighted by Gasteiger charge is 2.37. The van der Waals surface area contributed by atoms with E-state index in [9.17, 15) is 9.90 Å². The van der Waals surface area contributed by atoms with E-state index in [1.807, 2.05) is 81.6 Å². The number of aryl methyl sites for hydroxylation is 1. The summed E-state index contributed by atoms with van der Waals surface area (Å²) in [5, 5.41) is 10.5. The number of fused-ring (bicyclic) bond motifs is 8. The number of aromatic nitrogens is 2. The van der Waals surface area contributed by atoms with Gasteiger partial charge in [-0.05, 0) is 103 Å². The van der Waals surface area contributed by atoms with Crippen molar-refractivity contribution >= 4 is 17.4 Å². The monoisotopic (exact) mass is 643 g/mol. The molecule has 7 rings (SSSR count). The molecule has 8 nitrogen and oxygen atoms in total. The third-order valence-corrected chi connectivity index (χ3v) is 9.26. The second-order valence-electron chi connectivity index (χ2n) is 14.3. The Balaban J connectivity index is 1.54. The molecule has 3 aliphatic rings. The average Bonchev–Trinajstić information content (AvgIpc) is 3.43. The number of rotatable bonds is 3. The van der Waals surface area contributed by atoms with E-state index < -0.39 is 23.5 Å². The molecule has 0 aliphatic carbocycles. The van der Waals surface area contributed by atoms with E-state index in [0.717, 1.165) is 60.3 Å². The third kappa shape index (κ3) is 7.02. The van der Waals surface area contributed by atoms with Crippen LogP contribution in [0, 0.1) is 12.7 Å². The molecule has 250 valence electrons. The molecule has 0 amide bonds. The number of imidazole rings is 1. The molecule has 0 saturated carbocycles. The highest BCUT2D eigenvalue weighted by Crippen LogP contribution is 2.40. The summed E-state index contributed by atoms with van der Waals surface area (Å²) in [6, 6.07) is 14.8. The molecular formula is C38H46FN3O5. The first kappa shape index (κ1) is 33.0. The van der Waals surface area contributed by atoms with Crippen molar-refractivity contribution in [3.8, 4) is 28.1 Å². The van der Waals surface area contributed by atoms with Gasteiger partial charge in [-0.25, -0.2) is 14.2 Å². The molecule has 4 aromatic rings. The van der Waals surface area contributed by atoms with E-state index in [4.69, 9.17) is 19.2 Å². The summed E-state index contributed by atoms with van der Waals surface area (Å²) in [5.41, 5.74) is 4.24. The maximum atomic E-state index is 15.2. The third-order valence-electron chi connectivity index (χ3n) is 9.26. The number of nitrogens with zero attached hydrogens (tertiary/aromatic N) is 3. The van der Waals surface area contributed by atoms with Crippen LogP contribution < -0.4 is 9.64 Å². The second-order valence-corrected chi connectivity index (χ2v) is 14.3. The molecule has 2 aromatic carbocycles. The number of pyridine rings is 1. The van der Waals surface area contributed by atoms with E-state index >= 15 is 4.39 Å². The van der Waals surface area contributed by atoms with Crippen molar-refractivity contribution in [2.75, 3.05) is 24.6 Å². The van der Waals surface area contributed by atoms with Gasteiger partial charge in [0.15, 0.2) is 17.7 Å². The van der Waals surface area contributed by atoms with Gasteiger partial charge in [0.1, 0.15) is 11.5 Å². The van der Waals surface area contributed by atoms with E-state index in [1.165, 1.54) is 6.07 Å². The normalized spacial score (nSPS) is 21.3. The van der Waals surface area contributed by atoms with Crippen molar-refractivity contribution in [3.05, 3.63) is 71.7 Å². The zero-order valence-electron chi connectivity index (χ0n) is 28.3. The van der Waals surface area contributed by atoms with Gasteiger partial charge in [-0.15, -0.1) is 0 Å². The summed E-state index contributed by atoms with van der Waals surface area (Å²) >= 11 is 0. The van der Waals surface area contributed by atoms with Crippen molar-refractivity contribution in [2.24, 2.45) is 0 Å². The minimum Gasteiger partial charge on any atom is -0.487 e. The van der Waals surface area contributed by atoms with Crippen LogP contribution >= 0.6 is 0 Å². The molecule has 1 saturated heterocycles. The zero-order chi connectivity index (χ0) is 33.5. The standard InChI is InChI=1S/C38H46FN3O5/c1-24-21-31-40-30-23-42(31)35(32(24)34(36(43)44)47-37(3,4)5)41-18-16-38(6,17-19-41)45-20-8-7-11-25(2)46-33-28(14-10-15-29(33)39)26-12-9-13-27(30)22-26/h9-10,12-15,21-23,25,34H,7-8,11,16-20H2,1-6H3,(H,43,44). The smallest absolute Gasteiger partial charge is 0.337 e. The average molecular weight is 644 g/mol. The molecule has 1 N–H and O–H groups in total. The summed E-state index contributed by atoms with van der Waals surface area (Å²) in [4.78, 5) is 20.1. The summed E-state index contributed by atoms with van der Waals surface area (Å²) in [6.07, 6.45) is 4.78. The Hall–Kier alpha value is -3.95. The first-order valence-electron chi connectivity index (χ1n) is 16.7. The zero-order valence-corrected chi connectivity index (χ0v) is 28.3. The molecule has 5 heterocycles. The Kier molecular flexibility index (Phi) is 9.06. The van der Waals surface area contributed by atoms with Gasteiger partial charge in [0.2, 0.25) is 0 Å². The van der Waals surface area contributed by atoms with Crippen LogP contribution in [-0.2, 0) is 14.3 Å². The van der Waals surface area contributed by atoms with E-state index in [2.05, 4.69) is 11.8 Å². The number of carboxylic acids is 1. The molecular weight excluding hydrogens is 597 g/mol. The maximum absolute atomic E-state index is 15.2. The fourth-order valence-electron chi connectivity index (χ4n) is 6.77. The molecule has 2 atom stereocenters. The predicted octanol–water partition coefficient (Wildman–Crippen LogP) is 8.38. The van der Waals surface area contributed by atoms with Crippen LogP contribution in [0.3, 0.4) is 0 Å². The second kappa shape index (κ2) is 12.9. The Morgan fingerprint density at radius 3 is 2.55 bits per heavy atom. The summed E-state index contributed by atoms with van der Waals surface area (Å²) in [7, 11) is 0. The van der Waals surface area contributed by atoms with Crippen LogP contribution in [0.4, 0.5) is 10.2 Å². The Morgan fingerprint density at radius 1 is 1.11 bits per heavy atom. The van der Waals surface area contributed by atoms with Crippen molar-refractivity contribution in [1.82, 2.24) is 9.38 Å². The predicted molar refractivity (Wildman–Crippen MR) is 182 cm³/mol. The molecule has 6 bridgehead atoms. The quantitative estimate of drug-likeness (QED) is 0.240. The fourth-order valence-corrected chi connectivity index (χ4v) is 6.77. The van der Waals surface area contributed by atoms with Crippen LogP contribution in [0.5, 0.6) is 5.75 Å². The molecule has 0 spiro atoms.